The molecule has 0 saturated heterocycles. The lowest BCUT2D eigenvalue weighted by Crippen LogP contribution is -2.26. The number of allylic oxidation sites excluding steroid dienone is 4. The van der Waals surface area contributed by atoms with E-state index in [2.05, 4.69) is 10.2 Å². The molecular formula is C22H20F6N4O. The van der Waals surface area contributed by atoms with Crippen LogP contribution in [0, 0.1) is 5.92 Å². The summed E-state index contributed by atoms with van der Waals surface area (Å²) in [5.74, 6) is -2.27. The summed E-state index contributed by atoms with van der Waals surface area (Å²) in [5, 5.41) is 6.46. The molecule has 0 fully saturated rings. The van der Waals surface area contributed by atoms with Crippen molar-refractivity contribution in [3.63, 3.8) is 0 Å². The van der Waals surface area contributed by atoms with Gasteiger partial charge in [0.05, 0.1) is 34.4 Å². The van der Waals surface area contributed by atoms with Crippen LogP contribution in [0.2, 0.25) is 0 Å². The van der Waals surface area contributed by atoms with E-state index in [1.54, 1.807) is 27.3 Å². The van der Waals surface area contributed by atoms with Crippen LogP contribution in [0.5, 0.6) is 0 Å². The van der Waals surface area contributed by atoms with Gasteiger partial charge in [0.1, 0.15) is 0 Å². The van der Waals surface area contributed by atoms with Crippen molar-refractivity contribution in [1.82, 2.24) is 19.3 Å². The van der Waals surface area contributed by atoms with Crippen LogP contribution in [0.4, 0.5) is 26.3 Å². The molecule has 0 amide bonds. The second-order valence-electron chi connectivity index (χ2n) is 7.77. The van der Waals surface area contributed by atoms with Crippen molar-refractivity contribution in [2.75, 3.05) is 0 Å². The van der Waals surface area contributed by atoms with E-state index >= 15 is 0 Å². The number of H-pyrrole nitrogens is 1. The number of hydrogen-bond donors (Lipinski definition) is 1. The molecule has 5 nitrogen and oxygen atoms in total. The Morgan fingerprint density at radius 3 is 2.33 bits per heavy atom. The quantitative estimate of drug-likeness (QED) is 0.499. The molecule has 2 heterocycles. The Hall–Kier alpha value is -3.24. The van der Waals surface area contributed by atoms with Crippen molar-refractivity contribution < 1.29 is 26.3 Å². The van der Waals surface area contributed by atoms with Gasteiger partial charge < -0.3 is 0 Å². The Morgan fingerprint density at radius 1 is 1.06 bits per heavy atom. The van der Waals surface area contributed by atoms with E-state index in [1.807, 2.05) is 13.8 Å². The number of benzene rings is 1. The molecule has 1 unspecified atom stereocenters. The molecule has 0 saturated carbocycles. The Morgan fingerprint density at radius 2 is 1.73 bits per heavy atom. The van der Waals surface area contributed by atoms with Gasteiger partial charge >= 0.3 is 18.0 Å². The zero-order valence-electron chi connectivity index (χ0n) is 17.7. The van der Waals surface area contributed by atoms with Crippen LogP contribution in [0.25, 0.3) is 27.7 Å². The van der Waals surface area contributed by atoms with E-state index in [4.69, 9.17) is 0 Å². The van der Waals surface area contributed by atoms with E-state index in [9.17, 15) is 31.1 Å². The number of halogens is 6. The minimum absolute atomic E-state index is 0.0822. The molecule has 3 aromatic rings. The first-order chi connectivity index (χ1) is 15.5. The van der Waals surface area contributed by atoms with Crippen LogP contribution in [0.15, 0.2) is 46.9 Å². The second kappa shape index (κ2) is 7.96. The van der Waals surface area contributed by atoms with Crippen LogP contribution in [-0.2, 0) is 13.1 Å². The number of imidazole rings is 1. The number of nitrogens with zero attached hydrogens (tertiary/aromatic N) is 3. The minimum Gasteiger partial charge on any atom is -0.292 e. The molecular weight excluding hydrogens is 450 g/mol. The first-order valence-electron chi connectivity index (χ1n) is 10.3. The largest absolute Gasteiger partial charge is 0.416 e. The van der Waals surface area contributed by atoms with Gasteiger partial charge in [-0.2, -0.15) is 31.4 Å². The van der Waals surface area contributed by atoms with Gasteiger partial charge in [0.25, 0.3) is 0 Å². The predicted octanol–water partition coefficient (Wildman–Crippen LogP) is 5.69. The third-order valence-corrected chi connectivity index (χ3v) is 5.82. The SMILES string of the molecule is CCn1c(=O)n(CC)c2cc(-c3cn[nH]c3C3=CC(C(F)(F)F)=CC(C(F)(F)F)C3)ccc21. The third kappa shape index (κ3) is 4.00. The van der Waals surface area contributed by atoms with E-state index in [-0.39, 0.29) is 23.0 Å². The maximum atomic E-state index is 13.4. The fraction of sp³-hybridized carbons (Fsp3) is 0.364. The molecule has 1 aromatic carbocycles. The summed E-state index contributed by atoms with van der Waals surface area (Å²) in [6.07, 6.45) is -8.08. The summed E-state index contributed by atoms with van der Waals surface area (Å²) in [4.78, 5) is 12.6. The highest BCUT2D eigenvalue weighted by molar-refractivity contribution is 5.87. The van der Waals surface area contributed by atoms with Crippen molar-refractivity contribution in [3.05, 3.63) is 58.3 Å². The Bertz CT molecular complexity index is 1320. The van der Waals surface area contributed by atoms with Crippen molar-refractivity contribution in [3.8, 4) is 11.1 Å². The number of hydrogen-bond acceptors (Lipinski definition) is 2. The number of aromatic nitrogens is 4. The van der Waals surface area contributed by atoms with Gasteiger partial charge in [-0.3, -0.25) is 14.2 Å². The van der Waals surface area contributed by atoms with Gasteiger partial charge in [0, 0.05) is 18.7 Å². The van der Waals surface area contributed by atoms with E-state index in [0.717, 1.165) is 6.08 Å². The molecule has 0 radical (unpaired) electrons. The molecule has 1 aliphatic rings. The fourth-order valence-corrected chi connectivity index (χ4v) is 4.22. The number of aryl methyl sites for hydroxylation is 2. The van der Waals surface area contributed by atoms with Crippen molar-refractivity contribution in [2.24, 2.45) is 5.92 Å². The number of rotatable bonds is 4. The minimum atomic E-state index is -4.92. The Kier molecular flexibility index (Phi) is 5.53. The average Bonchev–Trinajstić information content (AvgIpc) is 3.33. The van der Waals surface area contributed by atoms with E-state index < -0.39 is 30.3 Å². The number of aromatic amines is 1. The lowest BCUT2D eigenvalue weighted by Gasteiger charge is -2.25. The molecule has 0 aliphatic heterocycles. The highest BCUT2D eigenvalue weighted by Crippen LogP contribution is 2.44. The second-order valence-corrected chi connectivity index (χ2v) is 7.77. The Balaban J connectivity index is 1.85. The maximum Gasteiger partial charge on any atom is 0.416 e. The zero-order chi connectivity index (χ0) is 24.1. The van der Waals surface area contributed by atoms with Crippen LogP contribution < -0.4 is 5.69 Å². The molecule has 33 heavy (non-hydrogen) atoms. The summed E-state index contributed by atoms with van der Waals surface area (Å²) >= 11 is 0. The van der Waals surface area contributed by atoms with Crippen molar-refractivity contribution >= 4 is 16.6 Å². The van der Waals surface area contributed by atoms with Gasteiger partial charge in [-0.1, -0.05) is 12.1 Å². The molecule has 2 aromatic heterocycles. The van der Waals surface area contributed by atoms with Gasteiger partial charge in [0.15, 0.2) is 0 Å². The first kappa shape index (κ1) is 22.9. The van der Waals surface area contributed by atoms with Gasteiger partial charge in [-0.15, -0.1) is 0 Å². The van der Waals surface area contributed by atoms with Crippen molar-refractivity contribution in [2.45, 2.75) is 45.7 Å². The van der Waals surface area contributed by atoms with E-state index in [1.165, 1.54) is 6.20 Å². The molecule has 11 heteroatoms. The normalized spacial score (nSPS) is 17.4. The summed E-state index contributed by atoms with van der Waals surface area (Å²) in [7, 11) is 0. The van der Waals surface area contributed by atoms with Crippen molar-refractivity contribution in [1.29, 1.82) is 0 Å². The molecule has 1 N–H and O–H groups in total. The predicted molar refractivity (Wildman–Crippen MR) is 111 cm³/mol. The highest BCUT2D eigenvalue weighted by atomic mass is 19.4. The van der Waals surface area contributed by atoms with Crippen LogP contribution in [-0.4, -0.2) is 31.7 Å². The van der Waals surface area contributed by atoms with Crippen LogP contribution in [0.3, 0.4) is 0 Å². The molecule has 0 bridgehead atoms. The van der Waals surface area contributed by atoms with Crippen LogP contribution >= 0.6 is 0 Å². The summed E-state index contributed by atoms with van der Waals surface area (Å²) < 4.78 is 83.3. The fourth-order valence-electron chi connectivity index (χ4n) is 4.22. The number of nitrogens with one attached hydrogen (secondary N) is 1. The smallest absolute Gasteiger partial charge is 0.292 e. The summed E-state index contributed by atoms with van der Waals surface area (Å²) in [6.45, 7) is 4.51. The Labute approximate surface area is 184 Å². The maximum absolute atomic E-state index is 13.4. The van der Waals surface area contributed by atoms with Gasteiger partial charge in [0.2, 0.25) is 0 Å². The topological polar surface area (TPSA) is 55.6 Å². The molecule has 4 rings (SSSR count). The lowest BCUT2D eigenvalue weighted by molar-refractivity contribution is -0.161. The number of fused-ring (bicyclic) bond motifs is 1. The highest BCUT2D eigenvalue weighted by Gasteiger charge is 2.44. The average molecular weight is 470 g/mol. The number of alkyl halides is 6. The van der Waals surface area contributed by atoms with Crippen LogP contribution in [0.1, 0.15) is 26.0 Å². The third-order valence-electron chi connectivity index (χ3n) is 5.82. The lowest BCUT2D eigenvalue weighted by atomic mass is 9.86. The van der Waals surface area contributed by atoms with E-state index in [0.29, 0.717) is 35.2 Å². The monoisotopic (exact) mass is 470 g/mol. The molecule has 0 spiro atoms. The van der Waals surface area contributed by atoms with Gasteiger partial charge in [-0.05, 0) is 49.6 Å². The molecule has 1 atom stereocenters. The molecule has 1 aliphatic carbocycles. The van der Waals surface area contributed by atoms with Gasteiger partial charge in [-0.25, -0.2) is 4.79 Å². The summed E-state index contributed by atoms with van der Waals surface area (Å²) in [6, 6.07) is 5.09. The summed E-state index contributed by atoms with van der Waals surface area (Å²) in [5.41, 5.74) is 0.591. The molecule has 176 valence electrons. The standard InChI is InChI=1S/C22H20F6N4O/c1-3-31-17-6-5-12(9-18(17)32(4-2)20(31)33)16-11-29-30-19(16)13-7-14(21(23,24)25)10-15(8-13)22(26,27)28/h5-7,9-11,15H,3-4,8H2,1-2H3,(H,29,30). The zero-order valence-corrected chi connectivity index (χ0v) is 17.7. The first-order valence-corrected chi connectivity index (χ1v) is 10.3.